The Hall–Kier alpha value is -2.18. The van der Waals surface area contributed by atoms with Crippen molar-refractivity contribution < 1.29 is 4.79 Å². The predicted octanol–water partition coefficient (Wildman–Crippen LogP) is 4.14. The van der Waals surface area contributed by atoms with Crippen LogP contribution in [-0.4, -0.2) is 38.7 Å². The van der Waals surface area contributed by atoms with Crippen molar-refractivity contribution in [3.8, 4) is 10.4 Å². The molecule has 0 aliphatic carbocycles. The second kappa shape index (κ2) is 6.98. The minimum Gasteiger partial charge on any atom is -0.338 e. The molecule has 1 aliphatic heterocycles. The lowest BCUT2D eigenvalue weighted by atomic mass is 10.1. The summed E-state index contributed by atoms with van der Waals surface area (Å²) in [6.07, 6.45) is 5.12. The van der Waals surface area contributed by atoms with Crippen LogP contribution in [0.15, 0.2) is 49.1 Å². The Morgan fingerprint density at radius 2 is 1.88 bits per heavy atom. The molecule has 4 rings (SSSR count). The second-order valence-electron chi connectivity index (χ2n) is 6.07. The molecule has 0 bridgehead atoms. The van der Waals surface area contributed by atoms with E-state index in [0.29, 0.717) is 11.1 Å². The third-order valence-electron chi connectivity index (χ3n) is 4.51. The molecule has 25 heavy (non-hydrogen) atoms. The molecule has 0 spiro atoms. The van der Waals surface area contributed by atoms with Gasteiger partial charge in [-0.3, -0.25) is 4.79 Å². The SMILES string of the molecule is O=C(c1ccc(-c2ccc(Cl)cc2)s1)N1CCC(n2cncn2)CC1. The number of benzene rings is 1. The molecule has 0 N–H and O–H groups in total. The monoisotopic (exact) mass is 372 g/mol. The number of piperidine rings is 1. The molecule has 1 aliphatic rings. The van der Waals surface area contributed by atoms with Crippen LogP contribution in [0, 0.1) is 0 Å². The van der Waals surface area contributed by atoms with Crippen LogP contribution in [-0.2, 0) is 0 Å². The highest BCUT2D eigenvalue weighted by Crippen LogP contribution is 2.31. The first-order chi connectivity index (χ1) is 12.2. The van der Waals surface area contributed by atoms with Gasteiger partial charge >= 0.3 is 0 Å². The number of carbonyl (C=O) groups is 1. The number of amides is 1. The van der Waals surface area contributed by atoms with Gasteiger partial charge in [-0.05, 0) is 42.7 Å². The summed E-state index contributed by atoms with van der Waals surface area (Å²) < 4.78 is 1.89. The van der Waals surface area contributed by atoms with Crippen LogP contribution in [0.25, 0.3) is 10.4 Å². The molecule has 7 heteroatoms. The van der Waals surface area contributed by atoms with Crippen molar-refractivity contribution in [1.82, 2.24) is 19.7 Å². The molecule has 128 valence electrons. The molecule has 3 heterocycles. The van der Waals surface area contributed by atoms with Crippen molar-refractivity contribution in [3.05, 3.63) is 59.0 Å². The third kappa shape index (κ3) is 3.45. The number of halogens is 1. The molecule has 0 atom stereocenters. The van der Waals surface area contributed by atoms with Gasteiger partial charge in [0.1, 0.15) is 12.7 Å². The molecule has 0 unspecified atom stereocenters. The number of rotatable bonds is 3. The predicted molar refractivity (Wildman–Crippen MR) is 99.0 cm³/mol. The minimum absolute atomic E-state index is 0.113. The van der Waals surface area contributed by atoms with E-state index in [0.717, 1.165) is 41.2 Å². The van der Waals surface area contributed by atoms with E-state index in [4.69, 9.17) is 11.6 Å². The van der Waals surface area contributed by atoms with Gasteiger partial charge in [0.25, 0.3) is 5.91 Å². The van der Waals surface area contributed by atoms with Crippen LogP contribution in [0.5, 0.6) is 0 Å². The Morgan fingerprint density at radius 1 is 1.12 bits per heavy atom. The van der Waals surface area contributed by atoms with Crippen molar-refractivity contribution in [2.45, 2.75) is 18.9 Å². The van der Waals surface area contributed by atoms with E-state index < -0.39 is 0 Å². The van der Waals surface area contributed by atoms with Crippen molar-refractivity contribution >= 4 is 28.8 Å². The summed E-state index contributed by atoms with van der Waals surface area (Å²) in [6, 6.07) is 11.9. The van der Waals surface area contributed by atoms with Crippen LogP contribution in [0.2, 0.25) is 5.02 Å². The number of aromatic nitrogens is 3. The maximum Gasteiger partial charge on any atom is 0.263 e. The van der Waals surface area contributed by atoms with Crippen LogP contribution < -0.4 is 0 Å². The molecule has 2 aromatic heterocycles. The smallest absolute Gasteiger partial charge is 0.263 e. The van der Waals surface area contributed by atoms with Gasteiger partial charge in [0.05, 0.1) is 10.9 Å². The van der Waals surface area contributed by atoms with Crippen LogP contribution in [0.1, 0.15) is 28.6 Å². The molecule has 1 aromatic carbocycles. The number of likely N-dealkylation sites (tertiary alicyclic amines) is 1. The number of thiophene rings is 1. The number of hydrogen-bond acceptors (Lipinski definition) is 4. The Morgan fingerprint density at radius 3 is 2.56 bits per heavy atom. The first-order valence-electron chi connectivity index (χ1n) is 8.20. The Balaban J connectivity index is 1.43. The maximum absolute atomic E-state index is 12.8. The van der Waals surface area contributed by atoms with Gasteiger partial charge < -0.3 is 4.90 Å². The fourth-order valence-electron chi connectivity index (χ4n) is 3.12. The van der Waals surface area contributed by atoms with Crippen LogP contribution in [0.4, 0.5) is 0 Å². The molecular formula is C18H17ClN4OS. The highest BCUT2D eigenvalue weighted by atomic mass is 35.5. The lowest BCUT2D eigenvalue weighted by Crippen LogP contribution is -2.38. The highest BCUT2D eigenvalue weighted by molar-refractivity contribution is 7.17. The van der Waals surface area contributed by atoms with Crippen molar-refractivity contribution in [3.63, 3.8) is 0 Å². The van der Waals surface area contributed by atoms with Crippen molar-refractivity contribution in [1.29, 1.82) is 0 Å². The number of carbonyl (C=O) groups excluding carboxylic acids is 1. The van der Waals surface area contributed by atoms with E-state index in [2.05, 4.69) is 10.1 Å². The van der Waals surface area contributed by atoms with E-state index in [9.17, 15) is 4.79 Å². The molecule has 5 nitrogen and oxygen atoms in total. The van der Waals surface area contributed by atoms with Gasteiger partial charge in [0, 0.05) is 23.0 Å². The van der Waals surface area contributed by atoms with Crippen molar-refractivity contribution in [2.24, 2.45) is 0 Å². The minimum atomic E-state index is 0.113. The summed E-state index contributed by atoms with van der Waals surface area (Å²) >= 11 is 7.47. The quantitative estimate of drug-likeness (QED) is 0.694. The zero-order valence-corrected chi connectivity index (χ0v) is 15.1. The summed E-state index contributed by atoms with van der Waals surface area (Å²) in [5.41, 5.74) is 1.08. The molecule has 0 radical (unpaired) electrons. The Bertz CT molecular complexity index is 852. The highest BCUT2D eigenvalue weighted by Gasteiger charge is 2.25. The molecule has 3 aromatic rings. The Labute approximate surface area is 154 Å². The lowest BCUT2D eigenvalue weighted by molar-refractivity contribution is 0.0695. The first-order valence-corrected chi connectivity index (χ1v) is 9.39. The second-order valence-corrected chi connectivity index (χ2v) is 7.59. The molecule has 1 saturated heterocycles. The zero-order chi connectivity index (χ0) is 17.2. The average Bonchev–Trinajstić information content (AvgIpc) is 3.34. The molecular weight excluding hydrogens is 356 g/mol. The van der Waals surface area contributed by atoms with Gasteiger partial charge in [-0.25, -0.2) is 9.67 Å². The van der Waals surface area contributed by atoms with Gasteiger partial charge in [-0.2, -0.15) is 5.10 Å². The number of nitrogens with zero attached hydrogens (tertiary/aromatic N) is 4. The first kappa shape index (κ1) is 16.3. The third-order valence-corrected chi connectivity index (χ3v) is 5.88. The van der Waals surface area contributed by atoms with E-state index >= 15 is 0 Å². The fraction of sp³-hybridized carbons (Fsp3) is 0.278. The topological polar surface area (TPSA) is 51.0 Å². The fourth-order valence-corrected chi connectivity index (χ4v) is 4.22. The summed E-state index contributed by atoms with van der Waals surface area (Å²) in [6.45, 7) is 1.50. The van der Waals surface area contributed by atoms with Gasteiger partial charge in [-0.15, -0.1) is 11.3 Å². The van der Waals surface area contributed by atoms with E-state index in [1.165, 1.54) is 11.3 Å². The number of hydrogen-bond donors (Lipinski definition) is 0. The normalized spacial score (nSPS) is 15.5. The van der Waals surface area contributed by atoms with E-state index in [-0.39, 0.29) is 5.91 Å². The van der Waals surface area contributed by atoms with E-state index in [1.54, 1.807) is 12.7 Å². The van der Waals surface area contributed by atoms with E-state index in [1.807, 2.05) is 46.0 Å². The Kier molecular flexibility index (Phi) is 4.55. The largest absolute Gasteiger partial charge is 0.338 e. The van der Waals surface area contributed by atoms with Gasteiger partial charge in [0.2, 0.25) is 0 Å². The maximum atomic E-state index is 12.8. The molecule has 0 saturated carbocycles. The standard InChI is InChI=1S/C18H17ClN4OS/c19-14-3-1-13(2-4-14)16-5-6-17(25-16)18(24)22-9-7-15(8-10-22)23-12-20-11-21-23/h1-6,11-12,15H,7-10H2. The van der Waals surface area contributed by atoms with Crippen molar-refractivity contribution in [2.75, 3.05) is 13.1 Å². The van der Waals surface area contributed by atoms with Crippen LogP contribution >= 0.6 is 22.9 Å². The summed E-state index contributed by atoms with van der Waals surface area (Å²) in [7, 11) is 0. The summed E-state index contributed by atoms with van der Waals surface area (Å²) in [5.74, 6) is 0.113. The molecule has 1 fully saturated rings. The zero-order valence-electron chi connectivity index (χ0n) is 13.5. The summed E-state index contributed by atoms with van der Waals surface area (Å²) in [5, 5.41) is 4.92. The average molecular weight is 373 g/mol. The van der Waals surface area contributed by atoms with Gasteiger partial charge in [0.15, 0.2) is 0 Å². The lowest BCUT2D eigenvalue weighted by Gasteiger charge is -2.31. The summed E-state index contributed by atoms with van der Waals surface area (Å²) in [4.78, 5) is 20.6. The molecule has 1 amide bonds. The van der Waals surface area contributed by atoms with Crippen LogP contribution in [0.3, 0.4) is 0 Å². The van der Waals surface area contributed by atoms with Gasteiger partial charge in [-0.1, -0.05) is 23.7 Å².